The van der Waals surface area contributed by atoms with Gasteiger partial charge in [0.1, 0.15) is 5.82 Å². The minimum Gasteiger partial charge on any atom is -0.312 e. The normalized spacial score (nSPS) is 19.5. The summed E-state index contributed by atoms with van der Waals surface area (Å²) in [6.07, 6.45) is 2.15. The molecule has 1 N–H and O–H groups in total. The van der Waals surface area contributed by atoms with E-state index in [2.05, 4.69) is 5.32 Å². The molecule has 0 amide bonds. The minimum atomic E-state index is -0.122. The highest BCUT2D eigenvalue weighted by atomic mass is 19.1. The first kappa shape index (κ1) is 8.18. The summed E-state index contributed by atoms with van der Waals surface area (Å²) in [6, 6.07) is 5.15. The van der Waals surface area contributed by atoms with Gasteiger partial charge in [-0.3, -0.25) is 0 Å². The lowest BCUT2D eigenvalue weighted by Crippen LogP contribution is -2.22. The Hall–Kier alpha value is -1.15. The van der Waals surface area contributed by atoms with E-state index < -0.39 is 0 Å². The van der Waals surface area contributed by atoms with Crippen molar-refractivity contribution < 1.29 is 4.39 Å². The fourth-order valence-corrected chi connectivity index (χ4v) is 2.42. The van der Waals surface area contributed by atoms with E-state index in [0.29, 0.717) is 0 Å². The van der Waals surface area contributed by atoms with E-state index in [1.54, 1.807) is 12.1 Å². The van der Waals surface area contributed by atoms with Gasteiger partial charge >= 0.3 is 0 Å². The Kier molecular flexibility index (Phi) is 1.71. The zero-order valence-corrected chi connectivity index (χ0v) is 7.94. The molecule has 72 valence electrons. The molecule has 1 aromatic carbocycles. The summed E-state index contributed by atoms with van der Waals surface area (Å²) in [6.45, 7) is 1.97. The zero-order chi connectivity index (χ0) is 9.54. The van der Waals surface area contributed by atoms with E-state index in [0.717, 1.165) is 31.5 Å². The van der Waals surface area contributed by atoms with Gasteiger partial charge in [0.25, 0.3) is 0 Å². The largest absolute Gasteiger partial charge is 0.312 e. The smallest absolute Gasteiger partial charge is 0.123 e. The maximum absolute atomic E-state index is 13.1. The highest BCUT2D eigenvalue weighted by Crippen LogP contribution is 2.35. The van der Waals surface area contributed by atoms with E-state index in [1.807, 2.05) is 6.07 Å². The van der Waals surface area contributed by atoms with Crippen LogP contribution in [0, 0.1) is 5.82 Å². The van der Waals surface area contributed by atoms with Crippen LogP contribution in [0.15, 0.2) is 23.8 Å². The fourth-order valence-electron chi connectivity index (χ4n) is 2.42. The van der Waals surface area contributed by atoms with Crippen LogP contribution < -0.4 is 5.32 Å². The molecule has 0 atom stereocenters. The van der Waals surface area contributed by atoms with Crippen molar-refractivity contribution in [1.29, 1.82) is 0 Å². The van der Waals surface area contributed by atoms with E-state index in [9.17, 15) is 4.39 Å². The third kappa shape index (κ3) is 1.11. The first-order valence-corrected chi connectivity index (χ1v) is 5.05. The third-order valence-electron chi connectivity index (χ3n) is 3.13. The van der Waals surface area contributed by atoms with Crippen molar-refractivity contribution in [3.05, 3.63) is 40.7 Å². The van der Waals surface area contributed by atoms with E-state index in [-0.39, 0.29) is 5.82 Å². The van der Waals surface area contributed by atoms with E-state index >= 15 is 0 Å². The number of benzene rings is 1. The summed E-state index contributed by atoms with van der Waals surface area (Å²) in [7, 11) is 0. The average Bonchev–Trinajstić information content (AvgIpc) is 2.56. The topological polar surface area (TPSA) is 12.0 Å². The van der Waals surface area contributed by atoms with Gasteiger partial charge in [0.05, 0.1) is 0 Å². The molecular formula is C12H12FN. The van der Waals surface area contributed by atoms with Crippen LogP contribution in [0.1, 0.15) is 17.5 Å². The molecule has 0 saturated carbocycles. The number of hydrogen-bond acceptors (Lipinski definition) is 1. The van der Waals surface area contributed by atoms with Crippen molar-refractivity contribution in [3.63, 3.8) is 0 Å². The Bertz CT molecular complexity index is 420. The quantitative estimate of drug-likeness (QED) is 0.659. The Labute approximate surface area is 82.6 Å². The predicted molar refractivity (Wildman–Crippen MR) is 54.5 cm³/mol. The van der Waals surface area contributed by atoms with Crippen molar-refractivity contribution in [2.75, 3.05) is 13.1 Å². The number of fused-ring (bicyclic) bond motifs is 2. The van der Waals surface area contributed by atoms with Crippen molar-refractivity contribution in [2.24, 2.45) is 0 Å². The van der Waals surface area contributed by atoms with Crippen LogP contribution in [0.5, 0.6) is 0 Å². The van der Waals surface area contributed by atoms with E-state index in [4.69, 9.17) is 0 Å². The third-order valence-corrected chi connectivity index (χ3v) is 3.13. The molecule has 1 aromatic rings. The van der Waals surface area contributed by atoms with Gasteiger partial charge in [-0.1, -0.05) is 11.6 Å². The molecule has 0 fully saturated rings. The average molecular weight is 189 g/mol. The van der Waals surface area contributed by atoms with E-state index in [1.165, 1.54) is 16.7 Å². The van der Waals surface area contributed by atoms with Crippen LogP contribution in [0.4, 0.5) is 4.39 Å². The molecule has 3 rings (SSSR count). The molecule has 0 spiro atoms. The molecule has 1 aliphatic heterocycles. The summed E-state index contributed by atoms with van der Waals surface area (Å²) in [5.74, 6) is -0.122. The second kappa shape index (κ2) is 2.92. The molecule has 2 heteroatoms. The van der Waals surface area contributed by atoms with Gasteiger partial charge in [0.2, 0.25) is 0 Å². The lowest BCUT2D eigenvalue weighted by atomic mass is 10.0. The summed E-state index contributed by atoms with van der Waals surface area (Å²) >= 11 is 0. The monoisotopic (exact) mass is 189 g/mol. The Morgan fingerprint density at radius 2 is 2.21 bits per heavy atom. The molecule has 0 bridgehead atoms. The number of hydrogen-bond donors (Lipinski definition) is 1. The van der Waals surface area contributed by atoms with Crippen LogP contribution in [0.25, 0.3) is 5.57 Å². The van der Waals surface area contributed by atoms with Gasteiger partial charge in [-0.2, -0.15) is 0 Å². The molecule has 0 aromatic heterocycles. The second-order valence-corrected chi connectivity index (χ2v) is 3.99. The lowest BCUT2D eigenvalue weighted by Gasteiger charge is -2.15. The molecule has 0 radical (unpaired) electrons. The highest BCUT2D eigenvalue weighted by molar-refractivity contribution is 5.78. The van der Waals surface area contributed by atoms with Gasteiger partial charge in [-0.25, -0.2) is 4.39 Å². The van der Waals surface area contributed by atoms with Gasteiger partial charge in [-0.05, 0) is 48.2 Å². The molecular weight excluding hydrogens is 177 g/mol. The number of rotatable bonds is 0. The lowest BCUT2D eigenvalue weighted by molar-refractivity contribution is 0.627. The van der Waals surface area contributed by atoms with Gasteiger partial charge in [0, 0.05) is 6.54 Å². The summed E-state index contributed by atoms with van der Waals surface area (Å²) < 4.78 is 13.1. The first-order chi connectivity index (χ1) is 6.84. The molecule has 1 nitrogen and oxygen atoms in total. The number of halogens is 1. The Balaban J connectivity index is 2.12. The summed E-state index contributed by atoms with van der Waals surface area (Å²) in [4.78, 5) is 0. The van der Waals surface area contributed by atoms with Crippen LogP contribution in [0.3, 0.4) is 0 Å². The Morgan fingerprint density at radius 3 is 3.14 bits per heavy atom. The predicted octanol–water partition coefficient (Wildman–Crippen LogP) is 2.13. The van der Waals surface area contributed by atoms with Crippen molar-refractivity contribution >= 4 is 5.57 Å². The molecule has 0 saturated heterocycles. The fraction of sp³-hybridized carbons (Fsp3) is 0.333. The minimum absolute atomic E-state index is 0.122. The number of nitrogens with one attached hydrogen (secondary N) is 1. The molecule has 14 heavy (non-hydrogen) atoms. The van der Waals surface area contributed by atoms with Crippen molar-refractivity contribution in [2.45, 2.75) is 12.8 Å². The Morgan fingerprint density at radius 1 is 1.29 bits per heavy atom. The summed E-state index contributed by atoms with van der Waals surface area (Å²) in [5.41, 5.74) is 5.27. The molecule has 2 aliphatic rings. The standard InChI is InChI=1S/C12H12FN/c13-10-2-1-8-5-9-3-4-14-7-12(9)11(8)6-10/h1-2,6,14H,3-5,7H2. The van der Waals surface area contributed by atoms with Crippen molar-refractivity contribution in [1.82, 2.24) is 5.32 Å². The van der Waals surface area contributed by atoms with Gasteiger partial charge < -0.3 is 5.32 Å². The second-order valence-electron chi connectivity index (χ2n) is 3.99. The van der Waals surface area contributed by atoms with Crippen LogP contribution >= 0.6 is 0 Å². The maximum Gasteiger partial charge on any atom is 0.123 e. The summed E-state index contributed by atoms with van der Waals surface area (Å²) in [5, 5.41) is 3.34. The highest BCUT2D eigenvalue weighted by Gasteiger charge is 2.23. The van der Waals surface area contributed by atoms with Crippen LogP contribution in [0.2, 0.25) is 0 Å². The van der Waals surface area contributed by atoms with Crippen LogP contribution in [-0.2, 0) is 6.42 Å². The maximum atomic E-state index is 13.1. The van der Waals surface area contributed by atoms with Gasteiger partial charge in [-0.15, -0.1) is 0 Å². The van der Waals surface area contributed by atoms with Crippen molar-refractivity contribution in [3.8, 4) is 0 Å². The SMILES string of the molecule is Fc1ccc2c(c1)C1=C(CCNC1)C2. The van der Waals surface area contributed by atoms with Crippen LogP contribution in [-0.4, -0.2) is 13.1 Å². The first-order valence-electron chi connectivity index (χ1n) is 5.05. The molecule has 1 aliphatic carbocycles. The molecule has 0 unspecified atom stereocenters. The van der Waals surface area contributed by atoms with Gasteiger partial charge in [0.15, 0.2) is 0 Å². The molecule has 1 heterocycles. The zero-order valence-electron chi connectivity index (χ0n) is 7.94.